The second kappa shape index (κ2) is 8.41. The summed E-state index contributed by atoms with van der Waals surface area (Å²) in [4.78, 5) is 9.40. The second-order valence-electron chi connectivity index (χ2n) is 8.59. The molecular weight excluding hydrogens is 416 g/mol. The zero-order valence-electron chi connectivity index (χ0n) is 17.9. The van der Waals surface area contributed by atoms with Crippen LogP contribution in [0.1, 0.15) is 36.6 Å². The number of aromatic amines is 1. The molecule has 5 heterocycles. The molecule has 0 amide bonds. The lowest BCUT2D eigenvalue weighted by atomic mass is 9.98. The van der Waals surface area contributed by atoms with Gasteiger partial charge in [-0.3, -0.25) is 15.0 Å². The van der Waals surface area contributed by atoms with Crippen molar-refractivity contribution >= 4 is 27.9 Å². The van der Waals surface area contributed by atoms with E-state index >= 15 is 0 Å². The Labute approximate surface area is 191 Å². The first-order valence-corrected chi connectivity index (χ1v) is 12.2. The maximum absolute atomic E-state index is 4.59. The summed E-state index contributed by atoms with van der Waals surface area (Å²) < 4.78 is 0. The molecule has 3 aromatic heterocycles. The van der Waals surface area contributed by atoms with Crippen molar-refractivity contribution < 1.29 is 0 Å². The van der Waals surface area contributed by atoms with Crippen LogP contribution in [0.3, 0.4) is 0 Å². The summed E-state index contributed by atoms with van der Waals surface area (Å²) in [5, 5.41) is 16.5. The molecule has 6 nitrogen and oxygen atoms in total. The Bertz CT molecular complexity index is 1240. The molecule has 4 aromatic rings. The van der Waals surface area contributed by atoms with Crippen LogP contribution in [0, 0.1) is 0 Å². The molecule has 2 aliphatic heterocycles. The van der Waals surface area contributed by atoms with E-state index in [0.29, 0.717) is 0 Å². The minimum absolute atomic E-state index is 0.0111. The molecule has 1 atom stereocenters. The topological polar surface area (TPSA) is 60.1 Å². The Morgan fingerprint density at radius 2 is 1.97 bits per heavy atom. The van der Waals surface area contributed by atoms with Gasteiger partial charge in [0.05, 0.1) is 17.4 Å². The lowest BCUT2D eigenvalue weighted by molar-refractivity contribution is 0.220. The third-order valence-electron chi connectivity index (χ3n) is 6.43. The molecule has 2 aliphatic rings. The third kappa shape index (κ3) is 3.67. The molecule has 1 saturated heterocycles. The molecule has 1 unspecified atom stereocenters. The number of hydrogen-bond acceptors (Lipinski definition) is 6. The fraction of sp³-hybridized carbons (Fsp3) is 0.280. The molecular formula is C25H26N6S. The molecule has 1 aromatic carbocycles. The van der Waals surface area contributed by atoms with Gasteiger partial charge in [-0.1, -0.05) is 6.42 Å². The van der Waals surface area contributed by atoms with Crippen molar-refractivity contribution in [3.8, 4) is 11.1 Å². The van der Waals surface area contributed by atoms with E-state index in [1.807, 2.05) is 24.8 Å². The number of pyridine rings is 1. The number of rotatable bonds is 5. The molecule has 162 valence electrons. The van der Waals surface area contributed by atoms with E-state index in [4.69, 9.17) is 0 Å². The normalized spacial score (nSPS) is 19.0. The van der Waals surface area contributed by atoms with Crippen molar-refractivity contribution in [1.82, 2.24) is 25.4 Å². The predicted molar refractivity (Wildman–Crippen MR) is 130 cm³/mol. The van der Waals surface area contributed by atoms with Crippen molar-refractivity contribution in [3.63, 3.8) is 0 Å². The third-order valence-corrected chi connectivity index (χ3v) is 7.10. The van der Waals surface area contributed by atoms with Gasteiger partial charge in [-0.05, 0) is 66.7 Å². The average Bonchev–Trinajstić information content (AvgIpc) is 3.60. The molecule has 0 bridgehead atoms. The average molecular weight is 443 g/mol. The molecule has 6 rings (SSSR count). The van der Waals surface area contributed by atoms with Gasteiger partial charge in [0.2, 0.25) is 0 Å². The lowest BCUT2D eigenvalue weighted by Crippen LogP contribution is -2.29. The number of fused-ring (bicyclic) bond motifs is 1. The Balaban J connectivity index is 1.36. The molecule has 2 N–H and O–H groups in total. The Morgan fingerprint density at radius 3 is 2.84 bits per heavy atom. The maximum Gasteiger partial charge on any atom is 0.131 e. The van der Waals surface area contributed by atoms with Crippen LogP contribution in [0.15, 0.2) is 66.0 Å². The monoisotopic (exact) mass is 442 g/mol. The van der Waals surface area contributed by atoms with Gasteiger partial charge in [0.15, 0.2) is 0 Å². The second-order valence-corrected chi connectivity index (χ2v) is 9.37. The summed E-state index contributed by atoms with van der Waals surface area (Å²) in [6.45, 7) is 3.35. The van der Waals surface area contributed by atoms with E-state index in [1.54, 1.807) is 11.3 Å². The summed E-state index contributed by atoms with van der Waals surface area (Å²) >= 11 is 1.71. The largest absolute Gasteiger partial charge is 0.366 e. The summed E-state index contributed by atoms with van der Waals surface area (Å²) in [6.07, 6.45) is 14.0. The van der Waals surface area contributed by atoms with Crippen LogP contribution in [0.4, 0.5) is 5.69 Å². The molecule has 0 saturated carbocycles. The van der Waals surface area contributed by atoms with Crippen LogP contribution in [0.2, 0.25) is 0 Å². The first-order chi connectivity index (χ1) is 15.8. The van der Waals surface area contributed by atoms with Gasteiger partial charge in [-0.15, -0.1) is 0 Å². The number of benzene rings is 1. The van der Waals surface area contributed by atoms with Crippen LogP contribution >= 0.6 is 11.3 Å². The number of anilines is 1. The predicted octanol–water partition coefficient (Wildman–Crippen LogP) is 5.25. The van der Waals surface area contributed by atoms with Gasteiger partial charge in [-0.2, -0.15) is 16.4 Å². The molecule has 1 fully saturated rings. The molecule has 0 aliphatic carbocycles. The number of hydrogen-bond donors (Lipinski definition) is 2. The standard InChI is InChI=1S/C25H26N6S/c1-2-6-30(7-3-1)16-18-10-20(14-26-13-18)19-11-21-15-28-29-24(21)23(12-19)25-27-5-8-31(25)22-4-9-32-17-22/h4-5,8-15,17,25,27H,1-3,6-7,16H2,(H,28,29). The van der Waals surface area contributed by atoms with Gasteiger partial charge in [0.1, 0.15) is 6.17 Å². The summed E-state index contributed by atoms with van der Waals surface area (Å²) in [7, 11) is 0. The quantitative estimate of drug-likeness (QED) is 0.442. The Kier molecular flexibility index (Phi) is 5.13. The minimum Gasteiger partial charge on any atom is -0.366 e. The highest BCUT2D eigenvalue weighted by atomic mass is 32.1. The number of nitrogens with one attached hydrogen (secondary N) is 2. The molecule has 0 radical (unpaired) electrons. The SMILES string of the molecule is C1=CN(c2ccsc2)C(c2cc(-c3cncc(CN4CCCCC4)c3)cc3cn[nH]c23)N1. The van der Waals surface area contributed by atoms with E-state index in [9.17, 15) is 0 Å². The van der Waals surface area contributed by atoms with Gasteiger partial charge in [-0.25, -0.2) is 0 Å². The van der Waals surface area contributed by atoms with E-state index < -0.39 is 0 Å². The van der Waals surface area contributed by atoms with Gasteiger partial charge < -0.3 is 10.2 Å². The van der Waals surface area contributed by atoms with Crippen molar-refractivity contribution in [3.05, 3.63) is 77.1 Å². The van der Waals surface area contributed by atoms with E-state index in [1.165, 1.54) is 54.7 Å². The van der Waals surface area contributed by atoms with Crippen molar-refractivity contribution in [1.29, 1.82) is 0 Å². The fourth-order valence-electron chi connectivity index (χ4n) is 4.83. The zero-order chi connectivity index (χ0) is 21.3. The summed E-state index contributed by atoms with van der Waals surface area (Å²) in [5.74, 6) is 0. The highest BCUT2D eigenvalue weighted by Gasteiger charge is 2.25. The first-order valence-electron chi connectivity index (χ1n) is 11.2. The van der Waals surface area contributed by atoms with Crippen LogP contribution in [0.5, 0.6) is 0 Å². The first kappa shape index (κ1) is 19.5. The van der Waals surface area contributed by atoms with E-state index in [0.717, 1.165) is 23.0 Å². The summed E-state index contributed by atoms with van der Waals surface area (Å²) in [6, 6.07) is 8.92. The van der Waals surface area contributed by atoms with Crippen LogP contribution < -0.4 is 10.2 Å². The van der Waals surface area contributed by atoms with Gasteiger partial charge >= 0.3 is 0 Å². The van der Waals surface area contributed by atoms with E-state index in [2.05, 4.69) is 71.5 Å². The Morgan fingerprint density at radius 1 is 1.03 bits per heavy atom. The Hall–Kier alpha value is -3.16. The minimum atomic E-state index is 0.0111. The van der Waals surface area contributed by atoms with Gasteiger partial charge in [0, 0.05) is 53.2 Å². The highest BCUT2D eigenvalue weighted by molar-refractivity contribution is 7.08. The maximum atomic E-state index is 4.59. The zero-order valence-corrected chi connectivity index (χ0v) is 18.7. The van der Waals surface area contributed by atoms with Crippen molar-refractivity contribution in [2.75, 3.05) is 18.0 Å². The fourth-order valence-corrected chi connectivity index (χ4v) is 5.47. The van der Waals surface area contributed by atoms with Crippen LogP contribution in [0.25, 0.3) is 22.0 Å². The smallest absolute Gasteiger partial charge is 0.131 e. The number of thiophene rings is 1. The number of aromatic nitrogens is 3. The van der Waals surface area contributed by atoms with Gasteiger partial charge in [0.25, 0.3) is 0 Å². The van der Waals surface area contributed by atoms with Crippen molar-refractivity contribution in [2.24, 2.45) is 0 Å². The molecule has 0 spiro atoms. The number of likely N-dealkylation sites (tertiary alicyclic amines) is 1. The van der Waals surface area contributed by atoms with Crippen molar-refractivity contribution in [2.45, 2.75) is 32.0 Å². The number of nitrogens with zero attached hydrogens (tertiary/aromatic N) is 4. The molecule has 32 heavy (non-hydrogen) atoms. The number of piperidine rings is 1. The van der Waals surface area contributed by atoms with E-state index in [-0.39, 0.29) is 6.17 Å². The van der Waals surface area contributed by atoms with Crippen LogP contribution in [-0.2, 0) is 6.54 Å². The lowest BCUT2D eigenvalue weighted by Gasteiger charge is -2.26. The summed E-state index contributed by atoms with van der Waals surface area (Å²) in [5.41, 5.74) is 7.02. The van der Waals surface area contributed by atoms with Crippen LogP contribution in [-0.4, -0.2) is 33.2 Å². The molecule has 7 heteroatoms. The number of H-pyrrole nitrogens is 1. The highest BCUT2D eigenvalue weighted by Crippen LogP contribution is 2.36.